The molecule has 0 radical (unpaired) electrons. The maximum absolute atomic E-state index is 10.0. The van der Waals surface area contributed by atoms with Crippen LogP contribution in [0.4, 0.5) is 5.69 Å². The van der Waals surface area contributed by atoms with Crippen LogP contribution in [0.3, 0.4) is 0 Å². The number of benzene rings is 1. The molecule has 1 aromatic rings. The Kier molecular flexibility index (Phi) is 5.26. The van der Waals surface area contributed by atoms with Gasteiger partial charge in [-0.1, -0.05) is 6.07 Å². The zero-order valence-corrected chi connectivity index (χ0v) is 12.6. The van der Waals surface area contributed by atoms with Crippen molar-refractivity contribution in [1.29, 1.82) is 0 Å². The van der Waals surface area contributed by atoms with Crippen molar-refractivity contribution in [1.82, 2.24) is 0 Å². The maximum atomic E-state index is 10.0. The van der Waals surface area contributed by atoms with Crippen molar-refractivity contribution in [3.8, 4) is 5.75 Å². The van der Waals surface area contributed by atoms with Gasteiger partial charge >= 0.3 is 0 Å². The molecule has 1 aliphatic heterocycles. The molecule has 1 fully saturated rings. The summed E-state index contributed by atoms with van der Waals surface area (Å²) in [4.78, 5) is 2.20. The monoisotopic (exact) mass is 279 g/mol. The first-order chi connectivity index (χ1) is 9.63. The predicted molar refractivity (Wildman–Crippen MR) is 80.4 cm³/mol. The van der Waals surface area contributed by atoms with Gasteiger partial charge < -0.3 is 19.5 Å². The lowest BCUT2D eigenvalue weighted by Gasteiger charge is -2.30. The first-order valence-corrected chi connectivity index (χ1v) is 7.27. The Morgan fingerprint density at radius 1 is 1.50 bits per heavy atom. The van der Waals surface area contributed by atoms with Crippen molar-refractivity contribution in [2.24, 2.45) is 5.92 Å². The molecule has 112 valence electrons. The van der Waals surface area contributed by atoms with Crippen molar-refractivity contribution >= 4 is 5.69 Å². The lowest BCUT2D eigenvalue weighted by molar-refractivity contribution is 0.0576. The first kappa shape index (κ1) is 15.1. The molecule has 0 aromatic heterocycles. The van der Waals surface area contributed by atoms with Gasteiger partial charge in [0.15, 0.2) is 0 Å². The highest BCUT2D eigenvalue weighted by atomic mass is 16.5. The summed E-state index contributed by atoms with van der Waals surface area (Å²) in [5, 5.41) is 10.0. The van der Waals surface area contributed by atoms with E-state index in [2.05, 4.69) is 11.9 Å². The molecule has 1 unspecified atom stereocenters. The molecule has 0 spiro atoms. The van der Waals surface area contributed by atoms with Crippen LogP contribution < -0.4 is 9.64 Å². The van der Waals surface area contributed by atoms with Crippen LogP contribution in [0.15, 0.2) is 18.2 Å². The summed E-state index contributed by atoms with van der Waals surface area (Å²) in [7, 11) is 3.70. The number of anilines is 1. The van der Waals surface area contributed by atoms with E-state index in [4.69, 9.17) is 9.47 Å². The van der Waals surface area contributed by atoms with Crippen LogP contribution in [0.25, 0.3) is 0 Å². The van der Waals surface area contributed by atoms with Gasteiger partial charge in [-0.25, -0.2) is 0 Å². The summed E-state index contributed by atoms with van der Waals surface area (Å²) < 4.78 is 10.9. The van der Waals surface area contributed by atoms with Gasteiger partial charge in [0, 0.05) is 31.5 Å². The second-order valence-corrected chi connectivity index (χ2v) is 5.53. The zero-order valence-electron chi connectivity index (χ0n) is 12.6. The molecule has 0 saturated carbocycles. The SMILES string of the molecule is COc1cccc(N(C)CC2CCCOC2)c1[C@H](C)O. The summed E-state index contributed by atoms with van der Waals surface area (Å²) in [5.41, 5.74) is 1.89. The number of nitrogens with zero attached hydrogens (tertiary/aromatic N) is 1. The van der Waals surface area contributed by atoms with Crippen LogP contribution in [-0.2, 0) is 4.74 Å². The summed E-state index contributed by atoms with van der Waals surface area (Å²) in [6, 6.07) is 5.89. The molecule has 2 rings (SSSR count). The lowest BCUT2D eigenvalue weighted by atomic mass is 10.0. The van der Waals surface area contributed by atoms with E-state index in [-0.39, 0.29) is 0 Å². The quantitative estimate of drug-likeness (QED) is 0.899. The fraction of sp³-hybridized carbons (Fsp3) is 0.625. The third kappa shape index (κ3) is 3.44. The molecule has 1 aliphatic rings. The van der Waals surface area contributed by atoms with Crippen molar-refractivity contribution in [2.45, 2.75) is 25.9 Å². The highest BCUT2D eigenvalue weighted by Gasteiger charge is 2.20. The molecule has 4 heteroatoms. The molecule has 2 atom stereocenters. The molecule has 1 saturated heterocycles. The molecule has 20 heavy (non-hydrogen) atoms. The second kappa shape index (κ2) is 6.95. The molecule has 1 heterocycles. The summed E-state index contributed by atoms with van der Waals surface area (Å²) >= 11 is 0. The van der Waals surface area contributed by atoms with E-state index in [1.165, 1.54) is 6.42 Å². The van der Waals surface area contributed by atoms with E-state index in [0.717, 1.165) is 43.2 Å². The van der Waals surface area contributed by atoms with Crippen LogP contribution >= 0.6 is 0 Å². The van der Waals surface area contributed by atoms with Crippen molar-refractivity contribution in [3.63, 3.8) is 0 Å². The van der Waals surface area contributed by atoms with Crippen LogP contribution in [0.1, 0.15) is 31.4 Å². The van der Waals surface area contributed by atoms with Crippen LogP contribution in [0, 0.1) is 5.92 Å². The van der Waals surface area contributed by atoms with E-state index < -0.39 is 6.10 Å². The highest BCUT2D eigenvalue weighted by Crippen LogP contribution is 2.34. The Morgan fingerprint density at radius 3 is 2.90 bits per heavy atom. The highest BCUT2D eigenvalue weighted by molar-refractivity contribution is 5.60. The minimum Gasteiger partial charge on any atom is -0.496 e. The molecular weight excluding hydrogens is 254 g/mol. The normalized spacial score (nSPS) is 20.5. The molecule has 4 nitrogen and oxygen atoms in total. The standard InChI is InChI=1S/C16H25NO3/c1-12(18)16-14(7-4-8-15(16)19-3)17(2)10-13-6-5-9-20-11-13/h4,7-8,12-13,18H,5-6,9-11H2,1-3H3/t12-,13?/m0/s1. The van der Waals surface area contributed by atoms with E-state index in [9.17, 15) is 5.11 Å². The van der Waals surface area contributed by atoms with Gasteiger partial charge in [0.25, 0.3) is 0 Å². The Hall–Kier alpha value is -1.26. The smallest absolute Gasteiger partial charge is 0.126 e. The number of methoxy groups -OCH3 is 1. The topological polar surface area (TPSA) is 41.9 Å². The van der Waals surface area contributed by atoms with Gasteiger partial charge in [0.1, 0.15) is 5.75 Å². The molecule has 1 aromatic carbocycles. The average Bonchev–Trinajstić information content (AvgIpc) is 2.47. The Labute approximate surface area is 121 Å². The van der Waals surface area contributed by atoms with Gasteiger partial charge in [-0.3, -0.25) is 0 Å². The van der Waals surface area contributed by atoms with Gasteiger partial charge in [0.2, 0.25) is 0 Å². The van der Waals surface area contributed by atoms with Gasteiger partial charge in [-0.15, -0.1) is 0 Å². The van der Waals surface area contributed by atoms with E-state index >= 15 is 0 Å². The number of aliphatic hydroxyl groups excluding tert-OH is 1. The maximum Gasteiger partial charge on any atom is 0.126 e. The number of rotatable bonds is 5. The van der Waals surface area contributed by atoms with Gasteiger partial charge in [-0.05, 0) is 37.8 Å². The number of hydrogen-bond acceptors (Lipinski definition) is 4. The van der Waals surface area contributed by atoms with E-state index in [1.807, 2.05) is 18.2 Å². The summed E-state index contributed by atoms with van der Waals surface area (Å²) in [6.45, 7) is 4.43. The molecule has 1 N–H and O–H groups in total. The largest absolute Gasteiger partial charge is 0.496 e. The molecule has 0 amide bonds. The number of ether oxygens (including phenoxy) is 2. The third-order valence-corrected chi connectivity index (χ3v) is 3.88. The van der Waals surface area contributed by atoms with E-state index in [0.29, 0.717) is 5.92 Å². The predicted octanol–water partition coefficient (Wildman–Crippen LogP) is 2.61. The molecule has 0 bridgehead atoms. The minimum absolute atomic E-state index is 0.550. The lowest BCUT2D eigenvalue weighted by Crippen LogP contribution is -2.31. The van der Waals surface area contributed by atoms with Crippen LogP contribution in [-0.4, -0.2) is 39.0 Å². The van der Waals surface area contributed by atoms with Gasteiger partial charge in [0.05, 0.1) is 19.8 Å². The van der Waals surface area contributed by atoms with Gasteiger partial charge in [-0.2, -0.15) is 0 Å². The molecule has 0 aliphatic carbocycles. The fourth-order valence-corrected chi connectivity index (χ4v) is 2.90. The van der Waals surface area contributed by atoms with Crippen LogP contribution in [0.2, 0.25) is 0 Å². The molecular formula is C16H25NO3. The number of hydrogen-bond donors (Lipinski definition) is 1. The van der Waals surface area contributed by atoms with Crippen molar-refractivity contribution in [3.05, 3.63) is 23.8 Å². The van der Waals surface area contributed by atoms with Crippen molar-refractivity contribution in [2.75, 3.05) is 38.8 Å². The number of aliphatic hydroxyl groups is 1. The third-order valence-electron chi connectivity index (χ3n) is 3.88. The minimum atomic E-state index is -0.550. The Morgan fingerprint density at radius 2 is 2.30 bits per heavy atom. The van der Waals surface area contributed by atoms with Crippen molar-refractivity contribution < 1.29 is 14.6 Å². The average molecular weight is 279 g/mol. The summed E-state index contributed by atoms with van der Waals surface area (Å²) in [6.07, 6.45) is 1.80. The summed E-state index contributed by atoms with van der Waals surface area (Å²) in [5.74, 6) is 1.30. The fourth-order valence-electron chi connectivity index (χ4n) is 2.90. The van der Waals surface area contributed by atoms with Crippen LogP contribution in [0.5, 0.6) is 5.75 Å². The Bertz CT molecular complexity index is 428. The zero-order chi connectivity index (χ0) is 14.5. The first-order valence-electron chi connectivity index (χ1n) is 7.27. The van der Waals surface area contributed by atoms with E-state index in [1.54, 1.807) is 14.0 Å². The second-order valence-electron chi connectivity index (χ2n) is 5.53. The Balaban J connectivity index is 2.17.